The van der Waals surface area contributed by atoms with Crippen LogP contribution in [0.2, 0.25) is 0 Å². The van der Waals surface area contributed by atoms with Gasteiger partial charge in [0.05, 0.1) is 6.42 Å². The van der Waals surface area contributed by atoms with Crippen LogP contribution in [-0.2, 0) is 17.8 Å². The predicted octanol–water partition coefficient (Wildman–Crippen LogP) is 4.59. The molecule has 1 unspecified atom stereocenters. The fourth-order valence-corrected chi connectivity index (χ4v) is 5.67. The van der Waals surface area contributed by atoms with Crippen molar-refractivity contribution in [3.63, 3.8) is 0 Å². The van der Waals surface area contributed by atoms with Crippen molar-refractivity contribution in [3.05, 3.63) is 102 Å². The average Bonchev–Trinajstić information content (AvgIpc) is 3.43. The Labute approximate surface area is 221 Å². The fraction of sp³-hybridized carbons (Fsp3) is 0.406. The van der Waals surface area contributed by atoms with Gasteiger partial charge in [0.15, 0.2) is 0 Å². The Hall–Kier alpha value is -3.15. The summed E-state index contributed by atoms with van der Waals surface area (Å²) in [7, 11) is 0. The number of nitrogens with one attached hydrogen (secondary N) is 2. The van der Waals surface area contributed by atoms with Gasteiger partial charge >= 0.3 is 0 Å². The van der Waals surface area contributed by atoms with Crippen molar-refractivity contribution in [2.24, 2.45) is 0 Å². The molecule has 2 aliphatic rings. The Bertz CT molecular complexity index is 1090. The Morgan fingerprint density at radius 2 is 1.49 bits per heavy atom. The number of hydrogen-bond acceptors (Lipinski definition) is 4. The van der Waals surface area contributed by atoms with Gasteiger partial charge in [-0.05, 0) is 60.5 Å². The summed E-state index contributed by atoms with van der Waals surface area (Å²) in [5.74, 6) is 0.757. The zero-order chi connectivity index (χ0) is 25.3. The topological polar surface area (TPSA) is 47.6 Å². The third-order valence-corrected chi connectivity index (χ3v) is 7.90. The fourth-order valence-electron chi connectivity index (χ4n) is 5.67. The van der Waals surface area contributed by atoms with Gasteiger partial charge in [0.2, 0.25) is 5.91 Å². The summed E-state index contributed by atoms with van der Waals surface area (Å²) in [4.78, 5) is 17.4. The van der Waals surface area contributed by atoms with Gasteiger partial charge in [-0.2, -0.15) is 0 Å². The second kappa shape index (κ2) is 12.9. The first kappa shape index (κ1) is 25.5. The van der Waals surface area contributed by atoms with E-state index >= 15 is 0 Å². The van der Waals surface area contributed by atoms with E-state index in [1.165, 1.54) is 43.6 Å². The van der Waals surface area contributed by atoms with E-state index in [1.807, 2.05) is 30.3 Å². The van der Waals surface area contributed by atoms with E-state index in [0.29, 0.717) is 24.9 Å². The summed E-state index contributed by atoms with van der Waals surface area (Å²) in [5.41, 5.74) is 4.93. The van der Waals surface area contributed by atoms with Crippen LogP contribution in [0, 0.1) is 0 Å². The Morgan fingerprint density at radius 1 is 0.784 bits per heavy atom. The molecule has 0 radical (unpaired) electrons. The number of piperidine rings is 1. The van der Waals surface area contributed by atoms with Crippen molar-refractivity contribution in [2.75, 3.05) is 44.2 Å². The van der Waals surface area contributed by atoms with Gasteiger partial charge in [0.1, 0.15) is 0 Å². The van der Waals surface area contributed by atoms with Crippen molar-refractivity contribution in [1.82, 2.24) is 15.5 Å². The second-order valence-electron chi connectivity index (χ2n) is 10.5. The zero-order valence-corrected chi connectivity index (χ0v) is 21.8. The Morgan fingerprint density at radius 3 is 2.22 bits per heavy atom. The van der Waals surface area contributed by atoms with Gasteiger partial charge in [0, 0.05) is 51.0 Å². The first-order valence-corrected chi connectivity index (χ1v) is 13.9. The van der Waals surface area contributed by atoms with Crippen molar-refractivity contribution in [3.8, 4) is 0 Å². The molecule has 1 amide bonds. The molecular formula is C32H40N4O. The van der Waals surface area contributed by atoms with Crippen LogP contribution >= 0.6 is 0 Å². The van der Waals surface area contributed by atoms with E-state index in [9.17, 15) is 4.79 Å². The van der Waals surface area contributed by atoms with Crippen LogP contribution < -0.4 is 15.5 Å². The minimum Gasteiger partial charge on any atom is -0.371 e. The zero-order valence-electron chi connectivity index (χ0n) is 21.8. The smallest absolute Gasteiger partial charge is 0.224 e. The van der Waals surface area contributed by atoms with Crippen LogP contribution in [-0.4, -0.2) is 56.1 Å². The van der Waals surface area contributed by atoms with Crippen LogP contribution in [0.4, 0.5) is 5.69 Å². The van der Waals surface area contributed by atoms with Crippen LogP contribution in [0.1, 0.15) is 41.9 Å². The lowest BCUT2D eigenvalue weighted by atomic mass is 9.99. The lowest BCUT2D eigenvalue weighted by molar-refractivity contribution is -0.120. The minimum atomic E-state index is 0.0630. The lowest BCUT2D eigenvalue weighted by Crippen LogP contribution is -2.44. The maximum Gasteiger partial charge on any atom is 0.224 e. The number of anilines is 1. The molecule has 0 aromatic heterocycles. The standard InChI is InChI=1S/C32H40N4O/c37-32(34-24-27-7-3-1-4-8-27)23-26-11-13-31(14-12-26)36-20-16-30(17-21-36)33-18-22-35-19-15-29(25-35)28-9-5-2-6-10-28/h1-14,29-30,33H,15-25H2,(H,34,37). The van der Waals surface area contributed by atoms with E-state index in [2.05, 4.69) is 75.0 Å². The number of carbonyl (C=O) groups excluding carboxylic acids is 1. The van der Waals surface area contributed by atoms with E-state index in [-0.39, 0.29) is 5.91 Å². The predicted molar refractivity (Wildman–Crippen MR) is 152 cm³/mol. The molecule has 2 N–H and O–H groups in total. The van der Waals surface area contributed by atoms with Crippen LogP contribution in [0.15, 0.2) is 84.9 Å². The number of likely N-dealkylation sites (tertiary alicyclic amines) is 1. The SMILES string of the molecule is O=C(Cc1ccc(N2CCC(NCCN3CCC(c4ccccc4)C3)CC2)cc1)NCc1ccccc1. The number of rotatable bonds is 10. The highest BCUT2D eigenvalue weighted by molar-refractivity contribution is 5.78. The van der Waals surface area contributed by atoms with Gasteiger partial charge in [-0.3, -0.25) is 4.79 Å². The molecule has 2 heterocycles. The molecular weight excluding hydrogens is 456 g/mol. The molecule has 0 aliphatic carbocycles. The molecule has 194 valence electrons. The summed E-state index contributed by atoms with van der Waals surface area (Å²) in [6.45, 7) is 7.35. The number of nitrogens with zero attached hydrogens (tertiary/aromatic N) is 2. The Balaban J connectivity index is 0.982. The summed E-state index contributed by atoms with van der Waals surface area (Å²) in [6.07, 6.45) is 4.05. The maximum absolute atomic E-state index is 12.3. The van der Waals surface area contributed by atoms with Gasteiger partial charge in [0.25, 0.3) is 0 Å². The third kappa shape index (κ3) is 7.43. The number of benzene rings is 3. The molecule has 2 fully saturated rings. The van der Waals surface area contributed by atoms with Gasteiger partial charge in [-0.25, -0.2) is 0 Å². The molecule has 2 aliphatic heterocycles. The van der Waals surface area contributed by atoms with Gasteiger partial charge in [-0.1, -0.05) is 72.8 Å². The number of amides is 1. The molecule has 5 heteroatoms. The summed E-state index contributed by atoms with van der Waals surface area (Å²) < 4.78 is 0. The molecule has 1 atom stereocenters. The van der Waals surface area contributed by atoms with Crippen LogP contribution in [0.5, 0.6) is 0 Å². The second-order valence-corrected chi connectivity index (χ2v) is 10.5. The van der Waals surface area contributed by atoms with Crippen molar-refractivity contribution < 1.29 is 4.79 Å². The third-order valence-electron chi connectivity index (χ3n) is 7.90. The first-order chi connectivity index (χ1) is 18.2. The van der Waals surface area contributed by atoms with Crippen LogP contribution in [0.3, 0.4) is 0 Å². The lowest BCUT2D eigenvalue weighted by Gasteiger charge is -2.34. The van der Waals surface area contributed by atoms with E-state index in [1.54, 1.807) is 0 Å². The monoisotopic (exact) mass is 496 g/mol. The molecule has 37 heavy (non-hydrogen) atoms. The van der Waals surface area contributed by atoms with Crippen LogP contribution in [0.25, 0.3) is 0 Å². The molecule has 3 aromatic rings. The average molecular weight is 497 g/mol. The molecule has 3 aromatic carbocycles. The quantitative estimate of drug-likeness (QED) is 0.431. The molecule has 0 saturated carbocycles. The van der Waals surface area contributed by atoms with E-state index in [0.717, 1.165) is 37.3 Å². The highest BCUT2D eigenvalue weighted by Crippen LogP contribution is 2.26. The number of carbonyl (C=O) groups is 1. The van der Waals surface area contributed by atoms with Crippen molar-refractivity contribution in [2.45, 2.75) is 44.2 Å². The normalized spacial score (nSPS) is 18.7. The van der Waals surface area contributed by atoms with E-state index in [4.69, 9.17) is 0 Å². The molecule has 5 rings (SSSR count). The summed E-state index contributed by atoms with van der Waals surface area (Å²) in [6, 6.07) is 30.2. The molecule has 0 bridgehead atoms. The van der Waals surface area contributed by atoms with Crippen molar-refractivity contribution >= 4 is 11.6 Å². The summed E-state index contributed by atoms with van der Waals surface area (Å²) in [5, 5.41) is 6.83. The first-order valence-electron chi connectivity index (χ1n) is 13.9. The Kier molecular flexibility index (Phi) is 8.88. The maximum atomic E-state index is 12.3. The molecule has 2 saturated heterocycles. The number of hydrogen-bond donors (Lipinski definition) is 2. The highest BCUT2D eigenvalue weighted by atomic mass is 16.1. The summed E-state index contributed by atoms with van der Waals surface area (Å²) >= 11 is 0. The van der Waals surface area contributed by atoms with E-state index < -0.39 is 0 Å². The largest absolute Gasteiger partial charge is 0.371 e. The van der Waals surface area contributed by atoms with Gasteiger partial charge < -0.3 is 20.4 Å². The van der Waals surface area contributed by atoms with Gasteiger partial charge in [-0.15, -0.1) is 0 Å². The molecule has 5 nitrogen and oxygen atoms in total. The van der Waals surface area contributed by atoms with Crippen molar-refractivity contribution in [1.29, 1.82) is 0 Å². The highest BCUT2D eigenvalue weighted by Gasteiger charge is 2.24. The molecule has 0 spiro atoms. The minimum absolute atomic E-state index is 0.0630.